The molecule has 0 bridgehead atoms. The predicted octanol–water partition coefficient (Wildman–Crippen LogP) is 5.31. The molecular weight excluding hydrogens is 434 g/mol. The lowest BCUT2D eigenvalue weighted by Gasteiger charge is -2.13. The maximum absolute atomic E-state index is 12.6. The number of amides is 1. The Morgan fingerprint density at radius 3 is 2.45 bits per heavy atom. The number of thioether (sulfide) groups is 1. The molecule has 0 aliphatic rings. The van der Waals surface area contributed by atoms with Gasteiger partial charge in [-0.25, -0.2) is 0 Å². The van der Waals surface area contributed by atoms with Crippen LogP contribution in [0.25, 0.3) is 17.1 Å². The molecule has 0 spiro atoms. The average molecular weight is 454 g/mol. The molecule has 2 heterocycles. The van der Waals surface area contributed by atoms with E-state index >= 15 is 0 Å². The summed E-state index contributed by atoms with van der Waals surface area (Å²) in [5.41, 5.74) is 2.94. The summed E-state index contributed by atoms with van der Waals surface area (Å²) in [4.78, 5) is 12.6. The summed E-state index contributed by atoms with van der Waals surface area (Å²) in [5, 5.41) is 16.1. The van der Waals surface area contributed by atoms with E-state index in [-0.39, 0.29) is 5.91 Å². The Balaban J connectivity index is 1.66. The molecule has 1 unspecified atom stereocenters. The third kappa shape index (κ3) is 4.81. The van der Waals surface area contributed by atoms with Crippen molar-refractivity contribution < 1.29 is 9.32 Å². The molecule has 7 nitrogen and oxygen atoms in total. The number of hydrogen-bond acceptors (Lipinski definition) is 6. The molecule has 31 heavy (non-hydrogen) atoms. The van der Waals surface area contributed by atoms with E-state index in [1.54, 1.807) is 19.9 Å². The Morgan fingerprint density at radius 1 is 1.10 bits per heavy atom. The zero-order valence-electron chi connectivity index (χ0n) is 17.2. The van der Waals surface area contributed by atoms with Crippen LogP contribution in [0, 0.1) is 13.8 Å². The van der Waals surface area contributed by atoms with Gasteiger partial charge in [-0.05, 0) is 45.0 Å². The van der Waals surface area contributed by atoms with Gasteiger partial charge in [0.15, 0.2) is 16.8 Å². The largest absolute Gasteiger partial charge is 0.360 e. The first-order chi connectivity index (χ1) is 14.9. The molecule has 0 saturated heterocycles. The van der Waals surface area contributed by atoms with Gasteiger partial charge >= 0.3 is 0 Å². The Labute approximate surface area is 188 Å². The van der Waals surface area contributed by atoms with Crippen LogP contribution in [0.1, 0.15) is 18.2 Å². The first-order valence-electron chi connectivity index (χ1n) is 9.60. The molecule has 0 aliphatic carbocycles. The number of halogens is 1. The number of hydrogen-bond donors (Lipinski definition) is 1. The highest BCUT2D eigenvalue weighted by atomic mass is 35.5. The van der Waals surface area contributed by atoms with Crippen molar-refractivity contribution in [3.63, 3.8) is 0 Å². The number of aryl methyl sites for hydroxylation is 2. The summed E-state index contributed by atoms with van der Waals surface area (Å²) >= 11 is 7.39. The van der Waals surface area contributed by atoms with Crippen LogP contribution < -0.4 is 5.32 Å². The Morgan fingerprint density at radius 2 is 1.81 bits per heavy atom. The number of rotatable bonds is 6. The van der Waals surface area contributed by atoms with Crippen LogP contribution in [0.2, 0.25) is 5.02 Å². The summed E-state index contributed by atoms with van der Waals surface area (Å²) in [7, 11) is 0. The van der Waals surface area contributed by atoms with Crippen molar-refractivity contribution in [3.05, 3.63) is 70.9 Å². The van der Waals surface area contributed by atoms with Crippen LogP contribution in [0.5, 0.6) is 0 Å². The van der Waals surface area contributed by atoms with Crippen molar-refractivity contribution in [2.24, 2.45) is 0 Å². The minimum Gasteiger partial charge on any atom is -0.360 e. The molecule has 2 aromatic heterocycles. The SMILES string of the molecule is Cc1ccc(-c2nnc(SC(C)C(=O)Nc3cc(C)on3)n2-c2ccc(Cl)cc2)cc1. The minimum absolute atomic E-state index is 0.208. The summed E-state index contributed by atoms with van der Waals surface area (Å²) in [6.45, 7) is 5.60. The van der Waals surface area contributed by atoms with Gasteiger partial charge in [0, 0.05) is 22.3 Å². The molecule has 9 heteroatoms. The fraction of sp³-hybridized carbons (Fsp3) is 0.182. The highest BCUT2D eigenvalue weighted by Crippen LogP contribution is 2.31. The number of carbonyl (C=O) groups is 1. The Kier molecular flexibility index (Phi) is 6.11. The monoisotopic (exact) mass is 453 g/mol. The van der Waals surface area contributed by atoms with Gasteiger partial charge in [0.05, 0.1) is 5.25 Å². The van der Waals surface area contributed by atoms with Gasteiger partial charge in [0.2, 0.25) is 5.91 Å². The van der Waals surface area contributed by atoms with E-state index in [2.05, 4.69) is 20.7 Å². The van der Waals surface area contributed by atoms with Gasteiger partial charge in [-0.2, -0.15) is 0 Å². The van der Waals surface area contributed by atoms with E-state index in [1.807, 2.05) is 60.0 Å². The van der Waals surface area contributed by atoms with E-state index in [0.717, 1.165) is 16.8 Å². The average Bonchev–Trinajstić information content (AvgIpc) is 3.35. The number of nitrogens with one attached hydrogen (secondary N) is 1. The summed E-state index contributed by atoms with van der Waals surface area (Å²) in [6.07, 6.45) is 0. The smallest absolute Gasteiger partial charge is 0.238 e. The van der Waals surface area contributed by atoms with Gasteiger partial charge in [-0.3, -0.25) is 9.36 Å². The molecule has 0 saturated carbocycles. The molecular formula is C22H20ClN5O2S. The van der Waals surface area contributed by atoms with Gasteiger partial charge < -0.3 is 9.84 Å². The lowest BCUT2D eigenvalue weighted by Crippen LogP contribution is -2.23. The molecule has 2 aromatic carbocycles. The van der Waals surface area contributed by atoms with Gasteiger partial charge in [-0.1, -0.05) is 58.3 Å². The van der Waals surface area contributed by atoms with Crippen LogP contribution in [-0.4, -0.2) is 31.1 Å². The molecule has 4 rings (SSSR count). The number of anilines is 1. The van der Waals surface area contributed by atoms with Crippen molar-refractivity contribution in [3.8, 4) is 17.1 Å². The van der Waals surface area contributed by atoms with Crippen molar-refractivity contribution in [1.82, 2.24) is 19.9 Å². The van der Waals surface area contributed by atoms with Crippen LogP contribution in [0.4, 0.5) is 5.82 Å². The lowest BCUT2D eigenvalue weighted by molar-refractivity contribution is -0.115. The second-order valence-corrected chi connectivity index (χ2v) is 8.80. The van der Waals surface area contributed by atoms with Crippen LogP contribution in [-0.2, 0) is 4.79 Å². The molecule has 158 valence electrons. The molecule has 1 atom stereocenters. The maximum atomic E-state index is 12.6. The van der Waals surface area contributed by atoms with Crippen molar-refractivity contribution >= 4 is 35.1 Å². The van der Waals surface area contributed by atoms with E-state index in [4.69, 9.17) is 16.1 Å². The summed E-state index contributed by atoms with van der Waals surface area (Å²) in [6, 6.07) is 17.2. The number of aromatic nitrogens is 4. The van der Waals surface area contributed by atoms with E-state index < -0.39 is 5.25 Å². The fourth-order valence-corrected chi connectivity index (χ4v) is 3.92. The lowest BCUT2D eigenvalue weighted by atomic mass is 10.1. The topological polar surface area (TPSA) is 85.8 Å². The maximum Gasteiger partial charge on any atom is 0.238 e. The molecule has 1 amide bonds. The first kappa shape index (κ1) is 21.1. The fourth-order valence-electron chi connectivity index (χ4n) is 2.92. The van der Waals surface area contributed by atoms with Crippen molar-refractivity contribution in [2.75, 3.05) is 5.32 Å². The van der Waals surface area contributed by atoms with Crippen LogP contribution in [0.3, 0.4) is 0 Å². The van der Waals surface area contributed by atoms with Crippen molar-refractivity contribution in [1.29, 1.82) is 0 Å². The van der Waals surface area contributed by atoms with E-state index in [1.165, 1.54) is 11.8 Å². The Bertz CT molecular complexity index is 1200. The molecule has 0 fully saturated rings. The van der Waals surface area contributed by atoms with Gasteiger partial charge in [-0.15, -0.1) is 10.2 Å². The first-order valence-corrected chi connectivity index (χ1v) is 10.9. The Hall–Kier alpha value is -3.10. The zero-order valence-corrected chi connectivity index (χ0v) is 18.7. The quantitative estimate of drug-likeness (QED) is 0.398. The second-order valence-electron chi connectivity index (χ2n) is 7.06. The normalized spacial score (nSPS) is 12.0. The molecule has 4 aromatic rings. The third-order valence-corrected chi connectivity index (χ3v) is 5.85. The van der Waals surface area contributed by atoms with E-state index in [0.29, 0.717) is 27.6 Å². The number of benzene rings is 2. The second kappa shape index (κ2) is 8.95. The molecule has 0 radical (unpaired) electrons. The number of nitrogens with zero attached hydrogens (tertiary/aromatic N) is 4. The number of carbonyl (C=O) groups excluding carboxylic acids is 1. The van der Waals surface area contributed by atoms with Gasteiger partial charge in [0.25, 0.3) is 0 Å². The predicted molar refractivity (Wildman–Crippen MR) is 122 cm³/mol. The molecule has 0 aliphatic heterocycles. The van der Waals surface area contributed by atoms with Gasteiger partial charge in [0.1, 0.15) is 5.76 Å². The summed E-state index contributed by atoms with van der Waals surface area (Å²) in [5.74, 6) is 1.49. The highest BCUT2D eigenvalue weighted by Gasteiger charge is 2.22. The third-order valence-electron chi connectivity index (χ3n) is 4.56. The van der Waals surface area contributed by atoms with E-state index in [9.17, 15) is 4.79 Å². The van der Waals surface area contributed by atoms with Crippen LogP contribution >= 0.6 is 23.4 Å². The highest BCUT2D eigenvalue weighted by molar-refractivity contribution is 8.00. The standard InChI is InChI=1S/C22H20ClN5O2S/c1-13-4-6-16(7-5-13)20-25-26-22(28(20)18-10-8-17(23)9-11-18)31-15(3)21(29)24-19-12-14(2)30-27-19/h4-12,15H,1-3H3,(H,24,27,29). The zero-order chi connectivity index (χ0) is 22.0. The van der Waals surface area contributed by atoms with Crippen LogP contribution in [0.15, 0.2) is 64.3 Å². The molecule has 1 N–H and O–H groups in total. The van der Waals surface area contributed by atoms with Crippen molar-refractivity contribution in [2.45, 2.75) is 31.2 Å². The minimum atomic E-state index is -0.446. The summed E-state index contributed by atoms with van der Waals surface area (Å²) < 4.78 is 6.93.